The lowest BCUT2D eigenvalue weighted by molar-refractivity contribution is 0.0699. The predicted octanol–water partition coefficient (Wildman–Crippen LogP) is 3.28. The highest BCUT2D eigenvalue weighted by molar-refractivity contribution is 7.09. The van der Waals surface area contributed by atoms with Crippen LogP contribution in [0.2, 0.25) is 0 Å². The fourth-order valence-electron chi connectivity index (χ4n) is 2.88. The maximum absolute atomic E-state index is 12.7. The van der Waals surface area contributed by atoms with Crippen LogP contribution in [0.5, 0.6) is 0 Å². The Bertz CT molecular complexity index is 649. The predicted molar refractivity (Wildman–Crippen MR) is 85.3 cm³/mol. The number of aryl methyl sites for hydroxylation is 2. The lowest BCUT2D eigenvalue weighted by Gasteiger charge is -2.31. The summed E-state index contributed by atoms with van der Waals surface area (Å²) in [6.07, 6.45) is 5.12. The van der Waals surface area contributed by atoms with E-state index in [1.165, 1.54) is 6.39 Å². The largest absolute Gasteiger partial charge is 0.448 e. The molecule has 5 nitrogen and oxygen atoms in total. The average molecular weight is 319 g/mol. The van der Waals surface area contributed by atoms with Crippen LogP contribution in [-0.2, 0) is 12.8 Å². The Kier molecular flexibility index (Phi) is 4.57. The summed E-state index contributed by atoms with van der Waals surface area (Å²) < 4.78 is 5.29. The molecule has 1 fully saturated rings. The highest BCUT2D eigenvalue weighted by Gasteiger charge is 2.29. The zero-order valence-electron chi connectivity index (χ0n) is 13.0. The second-order valence-corrected chi connectivity index (χ2v) is 6.49. The molecule has 0 saturated carbocycles. The molecule has 0 spiro atoms. The highest BCUT2D eigenvalue weighted by Crippen LogP contribution is 2.30. The molecule has 0 bridgehead atoms. The number of hydrogen-bond donors (Lipinski definition) is 0. The first kappa shape index (κ1) is 15.2. The van der Waals surface area contributed by atoms with Gasteiger partial charge < -0.3 is 9.32 Å². The fraction of sp³-hybridized carbons (Fsp3) is 0.562. The van der Waals surface area contributed by atoms with Gasteiger partial charge in [0.05, 0.1) is 10.7 Å². The third-order valence-corrected chi connectivity index (χ3v) is 5.21. The van der Waals surface area contributed by atoms with E-state index in [9.17, 15) is 4.79 Å². The van der Waals surface area contributed by atoms with E-state index in [1.807, 2.05) is 11.8 Å². The maximum atomic E-state index is 12.7. The van der Waals surface area contributed by atoms with E-state index in [2.05, 4.69) is 22.3 Å². The normalized spacial score (nSPS) is 18.6. The Morgan fingerprint density at radius 1 is 1.45 bits per heavy atom. The van der Waals surface area contributed by atoms with E-state index in [0.29, 0.717) is 23.8 Å². The molecule has 0 aromatic carbocycles. The van der Waals surface area contributed by atoms with Crippen LogP contribution in [0.25, 0.3) is 0 Å². The van der Waals surface area contributed by atoms with Crippen molar-refractivity contribution in [3.63, 3.8) is 0 Å². The molecule has 3 heterocycles. The van der Waals surface area contributed by atoms with E-state index < -0.39 is 0 Å². The summed E-state index contributed by atoms with van der Waals surface area (Å²) in [4.78, 5) is 23.4. The molecule has 22 heavy (non-hydrogen) atoms. The molecule has 1 aliphatic rings. The van der Waals surface area contributed by atoms with Gasteiger partial charge in [-0.1, -0.05) is 13.8 Å². The van der Waals surface area contributed by atoms with Crippen molar-refractivity contribution in [1.82, 2.24) is 14.9 Å². The minimum atomic E-state index is -0.0115. The second-order valence-electron chi connectivity index (χ2n) is 5.60. The van der Waals surface area contributed by atoms with Crippen molar-refractivity contribution in [2.75, 3.05) is 13.1 Å². The Morgan fingerprint density at radius 2 is 2.32 bits per heavy atom. The molecule has 118 valence electrons. The molecular weight excluding hydrogens is 298 g/mol. The van der Waals surface area contributed by atoms with Crippen molar-refractivity contribution in [2.24, 2.45) is 0 Å². The van der Waals surface area contributed by atoms with Crippen LogP contribution in [0, 0.1) is 0 Å². The summed E-state index contributed by atoms with van der Waals surface area (Å²) >= 11 is 1.72. The Labute approximate surface area is 134 Å². The quantitative estimate of drug-likeness (QED) is 0.868. The van der Waals surface area contributed by atoms with Crippen molar-refractivity contribution in [2.45, 2.75) is 45.4 Å². The minimum Gasteiger partial charge on any atom is -0.448 e. The van der Waals surface area contributed by atoms with Crippen molar-refractivity contribution in [1.29, 1.82) is 0 Å². The van der Waals surface area contributed by atoms with Gasteiger partial charge in [-0.2, -0.15) is 0 Å². The van der Waals surface area contributed by atoms with Gasteiger partial charge in [0.1, 0.15) is 5.76 Å². The number of rotatable bonds is 4. The van der Waals surface area contributed by atoms with Crippen LogP contribution < -0.4 is 0 Å². The number of thiazole rings is 1. The van der Waals surface area contributed by atoms with E-state index in [-0.39, 0.29) is 5.91 Å². The lowest BCUT2D eigenvalue weighted by atomic mass is 9.98. The number of nitrogens with zero attached hydrogens (tertiary/aromatic N) is 3. The van der Waals surface area contributed by atoms with E-state index in [4.69, 9.17) is 4.42 Å². The van der Waals surface area contributed by atoms with Gasteiger partial charge in [-0.05, 0) is 19.3 Å². The van der Waals surface area contributed by atoms with Gasteiger partial charge in [0.15, 0.2) is 12.1 Å². The van der Waals surface area contributed by atoms with Crippen LogP contribution in [-0.4, -0.2) is 33.9 Å². The number of amides is 1. The topological polar surface area (TPSA) is 59.2 Å². The Hall–Kier alpha value is -1.69. The molecule has 1 saturated heterocycles. The second kappa shape index (κ2) is 6.60. The standard InChI is InChI=1S/C16H21N3O2S/c1-3-12-9-22-15(18-12)11-6-5-7-19(8-11)16(20)14-13(4-2)21-10-17-14/h9-11H,3-8H2,1-2H3/t11-/m0/s1. The molecule has 1 amide bonds. The smallest absolute Gasteiger partial charge is 0.276 e. The minimum absolute atomic E-state index is 0.0115. The van der Waals surface area contributed by atoms with Gasteiger partial charge in [0, 0.05) is 30.8 Å². The maximum Gasteiger partial charge on any atom is 0.276 e. The first-order chi connectivity index (χ1) is 10.7. The summed E-state index contributed by atoms with van der Waals surface area (Å²) in [5.74, 6) is 1.01. The number of aromatic nitrogens is 2. The number of oxazole rings is 1. The molecule has 2 aromatic heterocycles. The van der Waals surface area contributed by atoms with Crippen molar-refractivity contribution < 1.29 is 9.21 Å². The summed E-state index contributed by atoms with van der Waals surface area (Å²) in [5, 5.41) is 3.29. The molecular formula is C16H21N3O2S. The van der Waals surface area contributed by atoms with Crippen LogP contribution in [0.15, 0.2) is 16.2 Å². The number of hydrogen-bond acceptors (Lipinski definition) is 5. The van der Waals surface area contributed by atoms with Crippen molar-refractivity contribution in [3.8, 4) is 0 Å². The third-order valence-electron chi connectivity index (χ3n) is 4.15. The monoisotopic (exact) mass is 319 g/mol. The van der Waals surface area contributed by atoms with Crippen molar-refractivity contribution >= 4 is 17.2 Å². The summed E-state index contributed by atoms with van der Waals surface area (Å²) in [6.45, 7) is 5.60. The molecule has 3 rings (SSSR count). The number of likely N-dealkylation sites (tertiary alicyclic amines) is 1. The van der Waals surface area contributed by atoms with Crippen LogP contribution in [0.4, 0.5) is 0 Å². The van der Waals surface area contributed by atoms with E-state index in [1.54, 1.807) is 11.3 Å². The molecule has 1 aliphatic heterocycles. The van der Waals surface area contributed by atoms with Crippen LogP contribution in [0.1, 0.15) is 59.6 Å². The number of carbonyl (C=O) groups is 1. The van der Waals surface area contributed by atoms with Crippen molar-refractivity contribution in [3.05, 3.63) is 33.9 Å². The van der Waals surface area contributed by atoms with Gasteiger partial charge in [0.25, 0.3) is 5.91 Å². The van der Waals surface area contributed by atoms with E-state index >= 15 is 0 Å². The molecule has 2 aromatic rings. The Morgan fingerprint density at radius 3 is 3.05 bits per heavy atom. The van der Waals surface area contributed by atoms with Gasteiger partial charge >= 0.3 is 0 Å². The SMILES string of the molecule is CCc1csc([C@H]2CCCN(C(=O)c3ncoc3CC)C2)n1. The number of carbonyl (C=O) groups excluding carboxylic acids is 1. The lowest BCUT2D eigenvalue weighted by Crippen LogP contribution is -2.39. The van der Waals surface area contributed by atoms with Gasteiger partial charge in [-0.3, -0.25) is 4.79 Å². The first-order valence-electron chi connectivity index (χ1n) is 7.88. The highest BCUT2D eigenvalue weighted by atomic mass is 32.1. The zero-order valence-corrected chi connectivity index (χ0v) is 13.9. The Balaban J connectivity index is 1.74. The van der Waals surface area contributed by atoms with Gasteiger partial charge in [-0.25, -0.2) is 9.97 Å². The summed E-state index contributed by atoms with van der Waals surface area (Å²) in [7, 11) is 0. The molecule has 0 radical (unpaired) electrons. The summed E-state index contributed by atoms with van der Waals surface area (Å²) in [6, 6.07) is 0. The molecule has 6 heteroatoms. The van der Waals surface area contributed by atoms with Crippen LogP contribution >= 0.6 is 11.3 Å². The van der Waals surface area contributed by atoms with Crippen LogP contribution in [0.3, 0.4) is 0 Å². The fourth-order valence-corrected chi connectivity index (χ4v) is 3.91. The third kappa shape index (κ3) is 2.92. The van der Waals surface area contributed by atoms with Gasteiger partial charge in [-0.15, -0.1) is 11.3 Å². The number of piperidine rings is 1. The first-order valence-corrected chi connectivity index (χ1v) is 8.76. The van der Waals surface area contributed by atoms with E-state index in [0.717, 1.165) is 43.1 Å². The molecule has 1 atom stereocenters. The molecule has 0 unspecified atom stereocenters. The zero-order chi connectivity index (χ0) is 15.5. The summed E-state index contributed by atoms with van der Waals surface area (Å²) in [5.41, 5.74) is 1.62. The molecule has 0 N–H and O–H groups in total. The molecule has 0 aliphatic carbocycles. The average Bonchev–Trinajstić information content (AvgIpc) is 3.23. The van der Waals surface area contributed by atoms with Gasteiger partial charge in [0.2, 0.25) is 0 Å².